The summed E-state index contributed by atoms with van der Waals surface area (Å²) in [6, 6.07) is 5.97. The molecule has 6 nitrogen and oxygen atoms in total. The average molecular weight is 297 g/mol. The quantitative estimate of drug-likeness (QED) is 0.822. The number of nitrogens with zero attached hydrogens (tertiary/aromatic N) is 1. The lowest BCUT2D eigenvalue weighted by atomic mass is 10.2. The van der Waals surface area contributed by atoms with Crippen molar-refractivity contribution in [2.24, 2.45) is 0 Å². The number of sulfonamides is 1. The lowest BCUT2D eigenvalue weighted by Crippen LogP contribution is -2.38. The highest BCUT2D eigenvalue weighted by atomic mass is 32.2. The van der Waals surface area contributed by atoms with Gasteiger partial charge < -0.3 is 10.6 Å². The zero-order valence-corrected chi connectivity index (χ0v) is 12.4. The molecule has 1 unspecified atom stereocenters. The van der Waals surface area contributed by atoms with Crippen molar-refractivity contribution in [3.05, 3.63) is 29.8 Å². The van der Waals surface area contributed by atoms with Gasteiger partial charge in [-0.1, -0.05) is 0 Å². The zero-order valence-electron chi connectivity index (χ0n) is 11.6. The van der Waals surface area contributed by atoms with Crippen LogP contribution in [0.15, 0.2) is 29.2 Å². The molecule has 1 aliphatic rings. The largest absolute Gasteiger partial charge is 0.355 e. The molecule has 1 aromatic rings. The molecule has 2 rings (SSSR count). The third-order valence-corrected chi connectivity index (χ3v) is 5.49. The van der Waals surface area contributed by atoms with Crippen LogP contribution in [0.2, 0.25) is 0 Å². The minimum absolute atomic E-state index is 0.0152. The van der Waals surface area contributed by atoms with Gasteiger partial charge in [0.15, 0.2) is 0 Å². The van der Waals surface area contributed by atoms with Crippen LogP contribution in [-0.4, -0.2) is 51.9 Å². The predicted molar refractivity (Wildman–Crippen MR) is 76.1 cm³/mol. The van der Waals surface area contributed by atoms with Gasteiger partial charge in [-0.25, -0.2) is 8.42 Å². The highest BCUT2D eigenvalue weighted by Gasteiger charge is 2.29. The van der Waals surface area contributed by atoms with Crippen LogP contribution in [0, 0.1) is 0 Å². The molecular formula is C13H19N3O3S. The Balaban J connectivity index is 2.23. The summed E-state index contributed by atoms with van der Waals surface area (Å²) >= 11 is 0. The Morgan fingerprint density at radius 3 is 2.50 bits per heavy atom. The summed E-state index contributed by atoms with van der Waals surface area (Å²) in [6.07, 6.45) is 0.812. The third-order valence-electron chi connectivity index (χ3n) is 3.57. The van der Waals surface area contributed by atoms with Crippen LogP contribution in [0.25, 0.3) is 0 Å². The lowest BCUT2D eigenvalue weighted by molar-refractivity contribution is 0.0963. The third kappa shape index (κ3) is 2.84. The molecule has 1 heterocycles. The Bertz CT molecular complexity index is 577. The summed E-state index contributed by atoms with van der Waals surface area (Å²) in [6.45, 7) is 1.51. The lowest BCUT2D eigenvalue weighted by Gasteiger charge is -2.23. The van der Waals surface area contributed by atoms with Gasteiger partial charge in [0.05, 0.1) is 4.90 Å². The predicted octanol–water partition coefficient (Wildman–Crippen LogP) is 0.0286. The van der Waals surface area contributed by atoms with E-state index in [9.17, 15) is 13.2 Å². The minimum atomic E-state index is -3.51. The number of nitrogens with one attached hydrogen (secondary N) is 2. The molecule has 0 aliphatic carbocycles. The molecule has 110 valence electrons. The van der Waals surface area contributed by atoms with E-state index in [4.69, 9.17) is 0 Å². The van der Waals surface area contributed by atoms with Gasteiger partial charge in [-0.3, -0.25) is 4.79 Å². The van der Waals surface area contributed by atoms with Gasteiger partial charge >= 0.3 is 0 Å². The molecule has 0 bridgehead atoms. The van der Waals surface area contributed by atoms with Crippen molar-refractivity contribution in [2.75, 3.05) is 27.2 Å². The second kappa shape index (κ2) is 5.90. The van der Waals surface area contributed by atoms with Crippen molar-refractivity contribution >= 4 is 15.9 Å². The molecule has 1 aromatic carbocycles. The molecule has 0 radical (unpaired) electrons. The number of hydrogen-bond acceptors (Lipinski definition) is 4. The molecule has 20 heavy (non-hydrogen) atoms. The average Bonchev–Trinajstić information content (AvgIpc) is 2.99. The van der Waals surface area contributed by atoms with E-state index in [0.717, 1.165) is 13.0 Å². The first kappa shape index (κ1) is 15.0. The first-order valence-electron chi connectivity index (χ1n) is 6.47. The van der Waals surface area contributed by atoms with Crippen molar-refractivity contribution in [1.82, 2.24) is 14.9 Å². The van der Waals surface area contributed by atoms with Crippen LogP contribution in [0.4, 0.5) is 0 Å². The van der Waals surface area contributed by atoms with Crippen LogP contribution in [0.1, 0.15) is 16.8 Å². The zero-order chi connectivity index (χ0) is 14.8. The van der Waals surface area contributed by atoms with Crippen LogP contribution in [0.3, 0.4) is 0 Å². The fourth-order valence-electron chi connectivity index (χ4n) is 2.23. The van der Waals surface area contributed by atoms with Crippen molar-refractivity contribution in [1.29, 1.82) is 0 Å². The van der Waals surface area contributed by atoms with E-state index in [1.54, 1.807) is 7.05 Å². The standard InChI is InChI=1S/C13H19N3O3S/c1-14-13(17)10-3-5-12(6-4-10)20(18,19)16(2)11-7-8-15-9-11/h3-6,11,15H,7-9H2,1-2H3,(H,14,17). The van der Waals surface area contributed by atoms with E-state index < -0.39 is 10.0 Å². The van der Waals surface area contributed by atoms with Crippen LogP contribution in [0.5, 0.6) is 0 Å². The number of carbonyl (C=O) groups excluding carboxylic acids is 1. The van der Waals surface area contributed by atoms with Crippen LogP contribution in [-0.2, 0) is 10.0 Å². The van der Waals surface area contributed by atoms with Gasteiger partial charge in [0.25, 0.3) is 5.91 Å². The molecule has 1 amide bonds. The number of benzene rings is 1. The Hall–Kier alpha value is -1.44. The minimum Gasteiger partial charge on any atom is -0.355 e. The molecule has 0 saturated carbocycles. The topological polar surface area (TPSA) is 78.5 Å². The van der Waals surface area contributed by atoms with Crippen LogP contribution >= 0.6 is 0 Å². The summed E-state index contributed by atoms with van der Waals surface area (Å²) in [5.74, 6) is -0.234. The number of rotatable bonds is 4. The Morgan fingerprint density at radius 2 is 2.00 bits per heavy atom. The van der Waals surface area contributed by atoms with E-state index >= 15 is 0 Å². The molecule has 1 saturated heterocycles. The van der Waals surface area contributed by atoms with Crippen molar-refractivity contribution in [2.45, 2.75) is 17.4 Å². The maximum Gasteiger partial charge on any atom is 0.251 e. The van der Waals surface area contributed by atoms with Gasteiger partial charge in [-0.15, -0.1) is 0 Å². The van der Waals surface area contributed by atoms with E-state index in [1.807, 2.05) is 0 Å². The Labute approximate surface area is 119 Å². The monoisotopic (exact) mass is 297 g/mol. The number of likely N-dealkylation sites (N-methyl/N-ethyl adjacent to an activating group) is 1. The molecule has 2 N–H and O–H groups in total. The van der Waals surface area contributed by atoms with Gasteiger partial charge in [0.1, 0.15) is 0 Å². The molecule has 0 spiro atoms. The van der Waals surface area contributed by atoms with Crippen molar-refractivity contribution < 1.29 is 13.2 Å². The maximum absolute atomic E-state index is 12.5. The molecular weight excluding hydrogens is 278 g/mol. The summed E-state index contributed by atoms with van der Waals surface area (Å²) in [4.78, 5) is 11.6. The first-order chi connectivity index (χ1) is 9.46. The summed E-state index contributed by atoms with van der Waals surface area (Å²) in [7, 11) is -0.378. The van der Waals surface area contributed by atoms with Crippen LogP contribution < -0.4 is 10.6 Å². The smallest absolute Gasteiger partial charge is 0.251 e. The van der Waals surface area contributed by atoms with E-state index in [0.29, 0.717) is 12.1 Å². The van der Waals surface area contributed by atoms with Gasteiger partial charge in [0, 0.05) is 32.2 Å². The number of amides is 1. The second-order valence-electron chi connectivity index (χ2n) is 4.77. The fourth-order valence-corrected chi connectivity index (χ4v) is 3.62. The normalized spacial score (nSPS) is 19.2. The second-order valence-corrected chi connectivity index (χ2v) is 6.77. The van der Waals surface area contributed by atoms with Crippen molar-refractivity contribution in [3.63, 3.8) is 0 Å². The van der Waals surface area contributed by atoms with Gasteiger partial charge in [-0.05, 0) is 37.2 Å². The summed E-state index contributed by atoms with van der Waals surface area (Å²) < 4.78 is 26.3. The molecule has 1 fully saturated rings. The molecule has 1 atom stereocenters. The van der Waals surface area contributed by atoms with Gasteiger partial charge in [-0.2, -0.15) is 4.31 Å². The Kier molecular flexibility index (Phi) is 4.42. The van der Waals surface area contributed by atoms with Gasteiger partial charge in [0.2, 0.25) is 10.0 Å². The highest BCUT2D eigenvalue weighted by Crippen LogP contribution is 2.19. The molecule has 7 heteroatoms. The maximum atomic E-state index is 12.5. The highest BCUT2D eigenvalue weighted by molar-refractivity contribution is 7.89. The number of carbonyl (C=O) groups is 1. The molecule has 0 aromatic heterocycles. The summed E-state index contributed by atoms with van der Waals surface area (Å²) in [5.41, 5.74) is 0.441. The van der Waals surface area contributed by atoms with E-state index in [1.165, 1.54) is 35.6 Å². The summed E-state index contributed by atoms with van der Waals surface area (Å²) in [5, 5.41) is 5.65. The Morgan fingerprint density at radius 1 is 1.35 bits per heavy atom. The van der Waals surface area contributed by atoms with Crippen molar-refractivity contribution in [3.8, 4) is 0 Å². The number of hydrogen-bond donors (Lipinski definition) is 2. The van der Waals surface area contributed by atoms with E-state index in [2.05, 4.69) is 10.6 Å². The SMILES string of the molecule is CNC(=O)c1ccc(S(=O)(=O)N(C)C2CCNC2)cc1. The first-order valence-corrected chi connectivity index (χ1v) is 7.91. The molecule has 1 aliphatic heterocycles. The fraction of sp³-hybridized carbons (Fsp3) is 0.462. The van der Waals surface area contributed by atoms with E-state index in [-0.39, 0.29) is 16.8 Å².